The van der Waals surface area contributed by atoms with Gasteiger partial charge in [-0.25, -0.2) is 4.68 Å². The van der Waals surface area contributed by atoms with Crippen molar-refractivity contribution in [2.24, 2.45) is 0 Å². The van der Waals surface area contributed by atoms with Crippen LogP contribution in [0.3, 0.4) is 0 Å². The molecule has 1 aliphatic heterocycles. The van der Waals surface area contributed by atoms with E-state index in [0.717, 1.165) is 54.2 Å². The maximum absolute atomic E-state index is 6.38. The van der Waals surface area contributed by atoms with Crippen molar-refractivity contribution in [3.63, 3.8) is 0 Å². The van der Waals surface area contributed by atoms with E-state index in [-0.39, 0.29) is 6.04 Å². The summed E-state index contributed by atoms with van der Waals surface area (Å²) in [5, 5.41) is 11.1. The van der Waals surface area contributed by atoms with Crippen LogP contribution in [-0.4, -0.2) is 33.0 Å². The van der Waals surface area contributed by atoms with E-state index in [1.54, 1.807) is 6.07 Å². The van der Waals surface area contributed by atoms with E-state index in [1.807, 2.05) is 65.5 Å². The summed E-state index contributed by atoms with van der Waals surface area (Å²) in [6, 6.07) is 19.3. The van der Waals surface area contributed by atoms with Crippen molar-refractivity contribution >= 4 is 46.4 Å². The average molecular weight is 548 g/mol. The molecule has 180 valence electrons. The van der Waals surface area contributed by atoms with Gasteiger partial charge in [-0.2, -0.15) is 0 Å². The topological polar surface area (TPSA) is 43.2 Å². The molecule has 3 aromatic carbocycles. The highest BCUT2D eigenvalue weighted by atomic mass is 35.5. The van der Waals surface area contributed by atoms with Gasteiger partial charge in [0, 0.05) is 25.2 Å². The molecule has 9 heteroatoms. The Balaban J connectivity index is 1.27. The van der Waals surface area contributed by atoms with Gasteiger partial charge in [-0.3, -0.25) is 4.90 Å². The lowest BCUT2D eigenvalue weighted by molar-refractivity contribution is 0.307. The van der Waals surface area contributed by atoms with Gasteiger partial charge in [-0.15, -0.1) is 5.10 Å². The van der Waals surface area contributed by atoms with Crippen LogP contribution >= 0.6 is 46.4 Å². The smallest absolute Gasteiger partial charge is 0.129 e. The van der Waals surface area contributed by atoms with Gasteiger partial charge >= 0.3 is 0 Å². The Bertz CT molecular complexity index is 1340. The number of benzene rings is 3. The summed E-state index contributed by atoms with van der Waals surface area (Å²) in [4.78, 5) is 2.36. The minimum atomic E-state index is 0.235. The van der Waals surface area contributed by atoms with E-state index in [2.05, 4.69) is 15.2 Å². The van der Waals surface area contributed by atoms with E-state index in [0.29, 0.717) is 26.7 Å². The van der Waals surface area contributed by atoms with Crippen molar-refractivity contribution in [1.29, 1.82) is 0 Å². The Hall–Kier alpha value is -2.28. The summed E-state index contributed by atoms with van der Waals surface area (Å²) in [5.41, 5.74) is 3.63. The minimum absolute atomic E-state index is 0.235. The number of likely N-dealkylation sites (tertiary alicyclic amines) is 1. The van der Waals surface area contributed by atoms with Crippen molar-refractivity contribution in [2.45, 2.75) is 25.6 Å². The van der Waals surface area contributed by atoms with Crippen LogP contribution in [0.25, 0.3) is 11.3 Å². The molecule has 0 bridgehead atoms. The SMILES string of the molecule is Clc1ccc(COc2ccccc2-c2cn([C@H]3CCN(Cc4cccc(Cl)c4Cl)C3)nn2)cc1Cl. The molecule has 0 amide bonds. The third-order valence-corrected chi connectivity index (χ3v) is 7.70. The van der Waals surface area contributed by atoms with Crippen LogP contribution in [-0.2, 0) is 13.2 Å². The fourth-order valence-corrected chi connectivity index (χ4v) is 4.96. The molecule has 2 heterocycles. The zero-order valence-corrected chi connectivity index (χ0v) is 21.7. The molecule has 1 fully saturated rings. The molecular weight excluding hydrogens is 526 g/mol. The van der Waals surface area contributed by atoms with Crippen molar-refractivity contribution in [2.75, 3.05) is 13.1 Å². The van der Waals surface area contributed by atoms with E-state index >= 15 is 0 Å². The van der Waals surface area contributed by atoms with E-state index in [1.165, 1.54) is 0 Å². The van der Waals surface area contributed by atoms with Crippen LogP contribution in [0.2, 0.25) is 20.1 Å². The molecular formula is C26H22Cl4N4O. The molecule has 0 aliphatic carbocycles. The van der Waals surface area contributed by atoms with E-state index < -0.39 is 0 Å². The number of rotatable bonds is 7. The van der Waals surface area contributed by atoms with Crippen LogP contribution in [0.5, 0.6) is 5.75 Å². The largest absolute Gasteiger partial charge is 0.488 e. The quantitative estimate of drug-likeness (QED) is 0.239. The van der Waals surface area contributed by atoms with Crippen LogP contribution < -0.4 is 4.74 Å². The predicted octanol–water partition coefficient (Wildman–Crippen LogP) is 7.58. The molecule has 0 N–H and O–H groups in total. The lowest BCUT2D eigenvalue weighted by Gasteiger charge is -2.17. The first-order valence-electron chi connectivity index (χ1n) is 11.2. The zero-order valence-electron chi connectivity index (χ0n) is 18.7. The predicted molar refractivity (Wildman–Crippen MR) is 142 cm³/mol. The fourth-order valence-electron chi connectivity index (χ4n) is 4.26. The van der Waals surface area contributed by atoms with Crippen molar-refractivity contribution in [3.8, 4) is 17.0 Å². The monoisotopic (exact) mass is 546 g/mol. The minimum Gasteiger partial charge on any atom is -0.488 e. The number of halogens is 4. The Morgan fingerprint density at radius 3 is 2.63 bits per heavy atom. The molecule has 0 radical (unpaired) electrons. The summed E-state index contributed by atoms with van der Waals surface area (Å²) >= 11 is 24.7. The molecule has 5 nitrogen and oxygen atoms in total. The summed E-state index contributed by atoms with van der Waals surface area (Å²) in [5.74, 6) is 0.731. The number of aromatic nitrogens is 3. The molecule has 1 aromatic heterocycles. The highest BCUT2D eigenvalue weighted by molar-refractivity contribution is 6.42. The highest BCUT2D eigenvalue weighted by Crippen LogP contribution is 2.32. The maximum atomic E-state index is 6.38. The second kappa shape index (κ2) is 10.8. The molecule has 1 aliphatic rings. The maximum Gasteiger partial charge on any atom is 0.129 e. The van der Waals surface area contributed by atoms with Crippen LogP contribution in [0.1, 0.15) is 23.6 Å². The Morgan fingerprint density at radius 2 is 1.77 bits per heavy atom. The first-order valence-corrected chi connectivity index (χ1v) is 12.7. The second-order valence-corrected chi connectivity index (χ2v) is 10.1. The lowest BCUT2D eigenvalue weighted by Crippen LogP contribution is -2.21. The van der Waals surface area contributed by atoms with Crippen LogP contribution in [0.15, 0.2) is 66.9 Å². The van der Waals surface area contributed by atoms with Gasteiger partial charge in [0.05, 0.1) is 32.3 Å². The third kappa shape index (κ3) is 5.60. The van der Waals surface area contributed by atoms with Gasteiger partial charge in [-0.05, 0) is 47.9 Å². The van der Waals surface area contributed by atoms with Gasteiger partial charge in [0.15, 0.2) is 0 Å². The molecule has 0 saturated carbocycles. The molecule has 1 atom stereocenters. The van der Waals surface area contributed by atoms with Crippen molar-refractivity contribution in [1.82, 2.24) is 19.9 Å². The molecule has 0 spiro atoms. The summed E-state index contributed by atoms with van der Waals surface area (Å²) in [7, 11) is 0. The standard InChI is InChI=1S/C26H22Cl4N4O/c27-21-9-8-17(12-23(21)29)16-35-25-7-2-1-5-20(25)24-15-34(32-31-24)19-10-11-33(14-19)13-18-4-3-6-22(28)26(18)30/h1-9,12,15,19H,10-11,13-14,16H2/t19-/m0/s1. The van der Waals surface area contributed by atoms with Gasteiger partial charge < -0.3 is 4.74 Å². The first-order chi connectivity index (χ1) is 17.0. The normalized spacial score (nSPS) is 16.1. The highest BCUT2D eigenvalue weighted by Gasteiger charge is 2.26. The van der Waals surface area contributed by atoms with Crippen molar-refractivity contribution in [3.05, 3.63) is 98.1 Å². The van der Waals surface area contributed by atoms with Crippen LogP contribution in [0, 0.1) is 0 Å². The summed E-state index contributed by atoms with van der Waals surface area (Å²) < 4.78 is 8.05. The average Bonchev–Trinajstić information content (AvgIpc) is 3.53. The van der Waals surface area contributed by atoms with Gasteiger partial charge in [0.25, 0.3) is 0 Å². The third-order valence-electron chi connectivity index (χ3n) is 6.10. The number of ether oxygens (including phenoxy) is 1. The Kier molecular flexibility index (Phi) is 7.51. The molecule has 5 rings (SSSR count). The molecule has 1 saturated heterocycles. The van der Waals surface area contributed by atoms with Crippen LogP contribution in [0.4, 0.5) is 0 Å². The number of para-hydroxylation sites is 1. The number of hydrogen-bond donors (Lipinski definition) is 0. The molecule has 0 unspecified atom stereocenters. The van der Waals surface area contributed by atoms with Gasteiger partial charge in [-0.1, -0.05) is 81.9 Å². The first kappa shape index (κ1) is 24.4. The number of hydrogen-bond acceptors (Lipinski definition) is 4. The molecule has 4 aromatic rings. The van der Waals surface area contributed by atoms with Gasteiger partial charge in [0.2, 0.25) is 0 Å². The molecule has 35 heavy (non-hydrogen) atoms. The van der Waals surface area contributed by atoms with E-state index in [9.17, 15) is 0 Å². The number of nitrogens with zero attached hydrogens (tertiary/aromatic N) is 4. The van der Waals surface area contributed by atoms with Gasteiger partial charge in [0.1, 0.15) is 18.1 Å². The van der Waals surface area contributed by atoms with Crippen molar-refractivity contribution < 1.29 is 4.74 Å². The second-order valence-electron chi connectivity index (χ2n) is 8.51. The Morgan fingerprint density at radius 1 is 0.914 bits per heavy atom. The van der Waals surface area contributed by atoms with E-state index in [4.69, 9.17) is 51.1 Å². The Labute approximate surface area is 224 Å². The zero-order chi connectivity index (χ0) is 24.4. The lowest BCUT2D eigenvalue weighted by atomic mass is 10.1. The fraction of sp³-hybridized carbons (Fsp3) is 0.231. The summed E-state index contributed by atoms with van der Waals surface area (Å²) in [6.45, 7) is 2.93. The summed E-state index contributed by atoms with van der Waals surface area (Å²) in [6.07, 6.45) is 2.97.